The predicted molar refractivity (Wildman–Crippen MR) is 89.2 cm³/mol. The van der Waals surface area contributed by atoms with E-state index in [0.717, 1.165) is 25.7 Å². The van der Waals surface area contributed by atoms with Crippen LogP contribution in [-0.2, 0) is 4.79 Å². The molecule has 0 spiro atoms. The molecule has 0 bridgehead atoms. The van der Waals surface area contributed by atoms with E-state index in [-0.39, 0.29) is 11.9 Å². The van der Waals surface area contributed by atoms with Crippen LogP contribution in [0.2, 0.25) is 0 Å². The lowest BCUT2D eigenvalue weighted by molar-refractivity contribution is -0.116. The Kier molecular flexibility index (Phi) is 5.81. The SMILES string of the molecule is CCCCC(=O)Nc1ccccc1N(C)C(=O)NC1CCC1. The number of carbonyl (C=O) groups is 2. The van der Waals surface area contributed by atoms with Gasteiger partial charge in [0.25, 0.3) is 0 Å². The summed E-state index contributed by atoms with van der Waals surface area (Å²) in [5.74, 6) is -0.0119. The molecule has 22 heavy (non-hydrogen) atoms. The summed E-state index contributed by atoms with van der Waals surface area (Å²) in [4.78, 5) is 25.7. The van der Waals surface area contributed by atoms with Gasteiger partial charge in [-0.3, -0.25) is 9.69 Å². The van der Waals surface area contributed by atoms with Crippen molar-refractivity contribution in [3.63, 3.8) is 0 Å². The van der Waals surface area contributed by atoms with E-state index in [0.29, 0.717) is 23.8 Å². The van der Waals surface area contributed by atoms with E-state index >= 15 is 0 Å². The molecule has 0 heterocycles. The maximum Gasteiger partial charge on any atom is 0.321 e. The average molecular weight is 303 g/mol. The fourth-order valence-corrected chi connectivity index (χ4v) is 2.36. The van der Waals surface area contributed by atoms with Crippen molar-refractivity contribution in [2.45, 2.75) is 51.5 Å². The van der Waals surface area contributed by atoms with E-state index in [1.54, 1.807) is 11.9 Å². The molecule has 1 aliphatic rings. The van der Waals surface area contributed by atoms with E-state index in [4.69, 9.17) is 0 Å². The number of para-hydroxylation sites is 2. The largest absolute Gasteiger partial charge is 0.335 e. The predicted octanol–water partition coefficient (Wildman–Crippen LogP) is 3.51. The molecule has 1 saturated carbocycles. The van der Waals surface area contributed by atoms with Crippen molar-refractivity contribution in [3.05, 3.63) is 24.3 Å². The second kappa shape index (κ2) is 7.82. The summed E-state index contributed by atoms with van der Waals surface area (Å²) in [6.07, 6.45) is 5.64. The van der Waals surface area contributed by atoms with Crippen molar-refractivity contribution in [1.29, 1.82) is 0 Å². The number of nitrogens with zero attached hydrogens (tertiary/aromatic N) is 1. The molecule has 1 aromatic carbocycles. The first-order chi connectivity index (χ1) is 10.6. The second-order valence-corrected chi connectivity index (χ2v) is 5.81. The van der Waals surface area contributed by atoms with Gasteiger partial charge in [0, 0.05) is 19.5 Å². The van der Waals surface area contributed by atoms with Gasteiger partial charge in [-0.1, -0.05) is 25.5 Å². The molecule has 0 atom stereocenters. The van der Waals surface area contributed by atoms with Crippen molar-refractivity contribution < 1.29 is 9.59 Å². The number of urea groups is 1. The van der Waals surface area contributed by atoms with E-state index in [1.165, 1.54) is 6.42 Å². The Bertz CT molecular complexity index is 526. The lowest BCUT2D eigenvalue weighted by atomic mass is 9.93. The Morgan fingerprint density at radius 2 is 2.00 bits per heavy atom. The number of rotatable bonds is 6. The second-order valence-electron chi connectivity index (χ2n) is 5.81. The maximum atomic E-state index is 12.3. The fraction of sp³-hybridized carbons (Fsp3) is 0.529. The van der Waals surface area contributed by atoms with Crippen LogP contribution in [0.3, 0.4) is 0 Å². The minimum Gasteiger partial charge on any atom is -0.335 e. The van der Waals surface area contributed by atoms with Crippen LogP contribution >= 0.6 is 0 Å². The van der Waals surface area contributed by atoms with Gasteiger partial charge in [-0.2, -0.15) is 0 Å². The molecule has 1 aliphatic carbocycles. The molecule has 3 amide bonds. The monoisotopic (exact) mass is 303 g/mol. The number of nitrogens with one attached hydrogen (secondary N) is 2. The van der Waals surface area contributed by atoms with Crippen LogP contribution in [0.25, 0.3) is 0 Å². The number of carbonyl (C=O) groups excluding carboxylic acids is 2. The highest BCUT2D eigenvalue weighted by molar-refractivity contribution is 6.00. The topological polar surface area (TPSA) is 61.4 Å². The Balaban J connectivity index is 2.02. The van der Waals surface area contributed by atoms with Crippen LogP contribution in [0.4, 0.5) is 16.2 Å². The third-order valence-corrected chi connectivity index (χ3v) is 4.03. The molecule has 0 aliphatic heterocycles. The Labute approximate surface area is 132 Å². The molecule has 5 heteroatoms. The zero-order valence-electron chi connectivity index (χ0n) is 13.4. The van der Waals surface area contributed by atoms with E-state index in [1.807, 2.05) is 24.3 Å². The average Bonchev–Trinajstić information content (AvgIpc) is 2.48. The maximum absolute atomic E-state index is 12.3. The number of amides is 3. The molecule has 5 nitrogen and oxygen atoms in total. The van der Waals surface area contributed by atoms with Crippen molar-refractivity contribution in [2.75, 3.05) is 17.3 Å². The first-order valence-electron chi connectivity index (χ1n) is 8.05. The summed E-state index contributed by atoms with van der Waals surface area (Å²) in [5, 5.41) is 5.91. The summed E-state index contributed by atoms with van der Waals surface area (Å²) in [6, 6.07) is 7.56. The molecule has 2 N–H and O–H groups in total. The molecule has 1 fully saturated rings. The molecule has 0 unspecified atom stereocenters. The number of unbranched alkanes of at least 4 members (excludes halogenated alkanes) is 1. The first kappa shape index (κ1) is 16.3. The number of anilines is 2. The van der Waals surface area contributed by atoms with Gasteiger partial charge in [0.15, 0.2) is 0 Å². The fourth-order valence-electron chi connectivity index (χ4n) is 2.36. The van der Waals surface area contributed by atoms with Gasteiger partial charge in [-0.15, -0.1) is 0 Å². The van der Waals surface area contributed by atoms with Gasteiger partial charge >= 0.3 is 6.03 Å². The molecule has 2 rings (SSSR count). The van der Waals surface area contributed by atoms with Gasteiger partial charge < -0.3 is 10.6 Å². The first-order valence-corrected chi connectivity index (χ1v) is 8.05. The third-order valence-electron chi connectivity index (χ3n) is 4.03. The summed E-state index contributed by atoms with van der Waals surface area (Å²) >= 11 is 0. The third kappa shape index (κ3) is 4.23. The standard InChI is InChI=1S/C17H25N3O2/c1-3-4-12-16(21)19-14-10-5-6-11-15(14)20(2)17(22)18-13-8-7-9-13/h5-6,10-11,13H,3-4,7-9,12H2,1-2H3,(H,18,22)(H,19,21). The summed E-state index contributed by atoms with van der Waals surface area (Å²) in [5.41, 5.74) is 1.39. The van der Waals surface area contributed by atoms with Crippen molar-refractivity contribution >= 4 is 23.3 Å². The van der Waals surface area contributed by atoms with Crippen LogP contribution in [-0.4, -0.2) is 25.0 Å². The zero-order valence-corrected chi connectivity index (χ0v) is 13.4. The molecule has 120 valence electrons. The van der Waals surface area contributed by atoms with Crippen LogP contribution < -0.4 is 15.5 Å². The molecular weight excluding hydrogens is 278 g/mol. The Morgan fingerprint density at radius 3 is 2.64 bits per heavy atom. The molecule has 0 saturated heterocycles. The molecule has 0 radical (unpaired) electrons. The Hall–Kier alpha value is -2.04. The highest BCUT2D eigenvalue weighted by Crippen LogP contribution is 2.26. The highest BCUT2D eigenvalue weighted by atomic mass is 16.2. The summed E-state index contributed by atoms with van der Waals surface area (Å²) in [7, 11) is 1.73. The van der Waals surface area contributed by atoms with Crippen LogP contribution in [0.1, 0.15) is 45.4 Å². The lowest BCUT2D eigenvalue weighted by Crippen LogP contribution is -2.46. The van der Waals surface area contributed by atoms with Crippen LogP contribution in [0, 0.1) is 0 Å². The van der Waals surface area contributed by atoms with Gasteiger partial charge in [0.1, 0.15) is 0 Å². The van der Waals surface area contributed by atoms with Gasteiger partial charge in [0.2, 0.25) is 5.91 Å². The van der Waals surface area contributed by atoms with Crippen molar-refractivity contribution in [1.82, 2.24) is 5.32 Å². The summed E-state index contributed by atoms with van der Waals surface area (Å²) in [6.45, 7) is 2.06. The quantitative estimate of drug-likeness (QED) is 0.844. The smallest absolute Gasteiger partial charge is 0.321 e. The van der Waals surface area contributed by atoms with Crippen LogP contribution in [0.5, 0.6) is 0 Å². The van der Waals surface area contributed by atoms with Gasteiger partial charge in [-0.05, 0) is 37.8 Å². The minimum absolute atomic E-state index is 0.0119. The number of hydrogen-bond acceptors (Lipinski definition) is 2. The van der Waals surface area contributed by atoms with Crippen LogP contribution in [0.15, 0.2) is 24.3 Å². The highest BCUT2D eigenvalue weighted by Gasteiger charge is 2.22. The zero-order chi connectivity index (χ0) is 15.9. The van der Waals surface area contributed by atoms with E-state index < -0.39 is 0 Å². The van der Waals surface area contributed by atoms with Gasteiger partial charge in [0.05, 0.1) is 11.4 Å². The minimum atomic E-state index is -0.125. The molecule has 1 aromatic rings. The normalized spacial score (nSPS) is 14.1. The molecular formula is C17H25N3O2. The van der Waals surface area contributed by atoms with Crippen molar-refractivity contribution in [2.24, 2.45) is 0 Å². The summed E-state index contributed by atoms with van der Waals surface area (Å²) < 4.78 is 0. The van der Waals surface area contributed by atoms with Crippen molar-refractivity contribution in [3.8, 4) is 0 Å². The van der Waals surface area contributed by atoms with Gasteiger partial charge in [-0.25, -0.2) is 4.79 Å². The van der Waals surface area contributed by atoms with E-state index in [2.05, 4.69) is 17.6 Å². The lowest BCUT2D eigenvalue weighted by Gasteiger charge is -2.29. The Morgan fingerprint density at radius 1 is 1.27 bits per heavy atom. The van der Waals surface area contributed by atoms with E-state index in [9.17, 15) is 9.59 Å². The number of benzene rings is 1. The number of hydrogen-bond donors (Lipinski definition) is 2. The molecule has 0 aromatic heterocycles.